The molecule has 4 nitrogen and oxygen atoms in total. The van der Waals surface area contributed by atoms with Gasteiger partial charge in [0.15, 0.2) is 0 Å². The van der Waals surface area contributed by atoms with Crippen molar-refractivity contribution in [2.75, 3.05) is 19.7 Å². The second-order valence-corrected chi connectivity index (χ2v) is 8.02. The Bertz CT molecular complexity index is 607. The normalized spacial score (nSPS) is 17.4. The predicted molar refractivity (Wildman–Crippen MR) is 92.3 cm³/mol. The zero-order valence-electron chi connectivity index (χ0n) is 14.7. The van der Waals surface area contributed by atoms with Crippen LogP contribution in [0.2, 0.25) is 5.02 Å². The van der Waals surface area contributed by atoms with Crippen molar-refractivity contribution >= 4 is 17.6 Å². The van der Waals surface area contributed by atoms with Crippen LogP contribution in [0.3, 0.4) is 0 Å². The van der Waals surface area contributed by atoms with Gasteiger partial charge in [-0.05, 0) is 52.8 Å². The lowest BCUT2D eigenvalue weighted by Gasteiger charge is -2.33. The number of benzene rings is 1. The number of carbonyl (C=O) groups is 1. The second-order valence-electron chi connectivity index (χ2n) is 7.61. The van der Waals surface area contributed by atoms with Gasteiger partial charge in [0, 0.05) is 11.5 Å². The van der Waals surface area contributed by atoms with E-state index in [4.69, 9.17) is 21.1 Å². The van der Waals surface area contributed by atoms with Gasteiger partial charge in [-0.15, -0.1) is 0 Å². The third-order valence-electron chi connectivity index (χ3n) is 4.03. The summed E-state index contributed by atoms with van der Waals surface area (Å²) in [6.07, 6.45) is 1.98. The largest absolute Gasteiger partial charge is 0.491 e. The van der Waals surface area contributed by atoms with Crippen LogP contribution < -0.4 is 10.1 Å². The zero-order chi connectivity index (χ0) is 18.0. The average Bonchev–Trinajstić information content (AvgIpc) is 2.46. The number of esters is 1. The molecule has 0 spiro atoms. The first kappa shape index (κ1) is 19.0. The summed E-state index contributed by atoms with van der Waals surface area (Å²) in [5, 5.41) is 3.51. The van der Waals surface area contributed by atoms with Crippen molar-refractivity contribution < 1.29 is 18.7 Å². The van der Waals surface area contributed by atoms with Crippen molar-refractivity contribution in [1.82, 2.24) is 5.32 Å². The number of hydrogen-bond donors (Lipinski definition) is 1. The first-order valence-corrected chi connectivity index (χ1v) is 8.53. The summed E-state index contributed by atoms with van der Waals surface area (Å²) < 4.78 is 25.2. The molecule has 1 saturated heterocycles. The van der Waals surface area contributed by atoms with Crippen LogP contribution in [0.4, 0.5) is 4.39 Å². The molecule has 1 aliphatic heterocycles. The van der Waals surface area contributed by atoms with E-state index >= 15 is 0 Å². The van der Waals surface area contributed by atoms with Gasteiger partial charge < -0.3 is 14.8 Å². The molecule has 0 aliphatic carbocycles. The van der Waals surface area contributed by atoms with Crippen molar-refractivity contribution in [3.05, 3.63) is 28.5 Å². The van der Waals surface area contributed by atoms with Gasteiger partial charge in [0.2, 0.25) is 0 Å². The molecule has 0 aromatic heterocycles. The van der Waals surface area contributed by atoms with Crippen molar-refractivity contribution in [3.63, 3.8) is 0 Å². The lowest BCUT2D eigenvalue weighted by atomic mass is 9.82. The van der Waals surface area contributed by atoms with Gasteiger partial charge in [-0.1, -0.05) is 18.5 Å². The van der Waals surface area contributed by atoms with E-state index in [-0.39, 0.29) is 21.8 Å². The Morgan fingerprint density at radius 2 is 1.96 bits per heavy atom. The maximum Gasteiger partial charge on any atom is 0.341 e. The van der Waals surface area contributed by atoms with E-state index in [2.05, 4.69) is 12.2 Å². The van der Waals surface area contributed by atoms with Crippen LogP contribution in [0.1, 0.15) is 50.9 Å². The second kappa shape index (κ2) is 7.28. The molecule has 6 heteroatoms. The van der Waals surface area contributed by atoms with E-state index in [0.29, 0.717) is 6.61 Å². The molecule has 1 heterocycles. The highest BCUT2D eigenvalue weighted by Gasteiger charge is 2.28. The molecular weight excluding hydrogens is 333 g/mol. The number of nitrogens with one attached hydrogen (secondary N) is 1. The van der Waals surface area contributed by atoms with Crippen molar-refractivity contribution in [2.24, 2.45) is 5.41 Å². The summed E-state index contributed by atoms with van der Waals surface area (Å²) in [5.41, 5.74) is -0.848. The Kier molecular flexibility index (Phi) is 5.76. The van der Waals surface area contributed by atoms with Crippen LogP contribution in [0.25, 0.3) is 0 Å². The van der Waals surface area contributed by atoms with Crippen LogP contribution >= 0.6 is 11.6 Å². The zero-order valence-corrected chi connectivity index (χ0v) is 15.4. The predicted octanol–water partition coefficient (Wildman–Crippen LogP) is 4.20. The maximum atomic E-state index is 14.3. The number of rotatable bonds is 4. The number of carbonyl (C=O) groups excluding carboxylic acids is 1. The van der Waals surface area contributed by atoms with E-state index in [1.165, 1.54) is 6.07 Å². The van der Waals surface area contributed by atoms with Gasteiger partial charge in [-0.2, -0.15) is 0 Å². The van der Waals surface area contributed by atoms with Crippen LogP contribution in [-0.2, 0) is 4.74 Å². The van der Waals surface area contributed by atoms with E-state index < -0.39 is 17.4 Å². The molecule has 24 heavy (non-hydrogen) atoms. The molecule has 0 atom stereocenters. The third-order valence-corrected chi connectivity index (χ3v) is 4.32. The molecule has 1 fully saturated rings. The Hall–Kier alpha value is -1.33. The van der Waals surface area contributed by atoms with E-state index in [1.807, 2.05) is 0 Å². The monoisotopic (exact) mass is 357 g/mol. The number of hydrogen-bond acceptors (Lipinski definition) is 4. The number of halogens is 2. The highest BCUT2D eigenvalue weighted by atomic mass is 35.5. The molecule has 0 unspecified atom stereocenters. The molecule has 2 rings (SSSR count). The smallest absolute Gasteiger partial charge is 0.341 e. The summed E-state index contributed by atoms with van der Waals surface area (Å²) in [4.78, 5) is 12.0. The van der Waals surface area contributed by atoms with Gasteiger partial charge in [0.05, 0.1) is 17.2 Å². The summed E-state index contributed by atoms with van der Waals surface area (Å²) in [6, 6.07) is 2.43. The minimum Gasteiger partial charge on any atom is -0.491 e. The van der Waals surface area contributed by atoms with Crippen molar-refractivity contribution in [3.8, 4) is 5.75 Å². The van der Waals surface area contributed by atoms with E-state index in [1.54, 1.807) is 20.8 Å². The first-order chi connectivity index (χ1) is 11.1. The summed E-state index contributed by atoms with van der Waals surface area (Å²) in [7, 11) is 0. The maximum absolute atomic E-state index is 14.3. The number of ether oxygens (including phenoxy) is 2. The van der Waals surface area contributed by atoms with Crippen LogP contribution in [0.15, 0.2) is 12.1 Å². The fraction of sp³-hybridized carbons (Fsp3) is 0.611. The Balaban J connectivity index is 2.10. The molecule has 1 aromatic rings. The fourth-order valence-corrected chi connectivity index (χ4v) is 2.77. The highest BCUT2D eigenvalue weighted by Crippen LogP contribution is 2.33. The minimum atomic E-state index is -0.737. The molecular formula is C18H25ClFNO3. The molecule has 1 N–H and O–H groups in total. The van der Waals surface area contributed by atoms with Gasteiger partial charge in [0.1, 0.15) is 17.2 Å². The Labute approximate surface area is 147 Å². The van der Waals surface area contributed by atoms with Gasteiger partial charge in [-0.3, -0.25) is 0 Å². The third kappa shape index (κ3) is 5.08. The van der Waals surface area contributed by atoms with Crippen molar-refractivity contribution in [2.45, 2.75) is 46.1 Å². The minimum absolute atomic E-state index is 0.0366. The van der Waals surface area contributed by atoms with Crippen LogP contribution in [0.5, 0.6) is 5.75 Å². The van der Waals surface area contributed by atoms with Crippen molar-refractivity contribution in [1.29, 1.82) is 0 Å². The number of piperidine rings is 1. The molecule has 1 aromatic carbocycles. The summed E-state index contributed by atoms with van der Waals surface area (Å²) in [5.74, 6) is -1.18. The molecule has 0 radical (unpaired) electrons. The van der Waals surface area contributed by atoms with E-state index in [9.17, 15) is 9.18 Å². The molecule has 1 aliphatic rings. The quantitative estimate of drug-likeness (QED) is 0.820. The SMILES string of the molecule is CC1(COc2cc(F)c(C(=O)OC(C)(C)C)cc2Cl)CCNCC1. The first-order valence-electron chi connectivity index (χ1n) is 8.16. The van der Waals surface area contributed by atoms with Gasteiger partial charge in [-0.25, -0.2) is 9.18 Å². The molecule has 0 amide bonds. The Morgan fingerprint density at radius 3 is 2.54 bits per heavy atom. The van der Waals surface area contributed by atoms with Gasteiger partial charge >= 0.3 is 5.97 Å². The molecule has 0 saturated carbocycles. The lowest BCUT2D eigenvalue weighted by Crippen LogP contribution is -2.38. The molecule has 134 valence electrons. The average molecular weight is 358 g/mol. The van der Waals surface area contributed by atoms with E-state index in [0.717, 1.165) is 32.0 Å². The Morgan fingerprint density at radius 1 is 1.33 bits per heavy atom. The topological polar surface area (TPSA) is 47.6 Å². The lowest BCUT2D eigenvalue weighted by molar-refractivity contribution is 0.00646. The van der Waals surface area contributed by atoms with Gasteiger partial charge in [0.25, 0.3) is 0 Å². The van der Waals surface area contributed by atoms with Crippen LogP contribution in [-0.4, -0.2) is 31.3 Å². The summed E-state index contributed by atoms with van der Waals surface area (Å²) in [6.45, 7) is 9.66. The van der Waals surface area contributed by atoms with Crippen LogP contribution in [0, 0.1) is 11.2 Å². The summed E-state index contributed by atoms with van der Waals surface area (Å²) >= 11 is 6.17. The molecule has 0 bridgehead atoms. The highest BCUT2D eigenvalue weighted by molar-refractivity contribution is 6.32. The fourth-order valence-electron chi connectivity index (χ4n) is 2.56. The standard InChI is InChI=1S/C18H25ClFNO3/c1-17(2,3)24-16(22)12-9-13(19)15(10-14(12)20)23-11-18(4)5-7-21-8-6-18/h9-10,21H,5-8,11H2,1-4H3.